The Morgan fingerprint density at radius 1 is 0.830 bits per heavy atom. The maximum absolute atomic E-state index is 7.28. The van der Waals surface area contributed by atoms with Crippen molar-refractivity contribution in [1.29, 1.82) is 0 Å². The minimum Gasteiger partial charge on any atom is -0.500 e. The topological polar surface area (TPSA) is 48.2 Å². The van der Waals surface area contributed by atoms with E-state index < -0.39 is 13.7 Å². The van der Waals surface area contributed by atoms with Crippen LogP contribution < -0.4 is 4.74 Å². The van der Waals surface area contributed by atoms with Crippen LogP contribution in [0.2, 0.25) is 0 Å². The summed E-state index contributed by atoms with van der Waals surface area (Å²) in [7, 11) is 0. The Balaban J connectivity index is 0.000000199. The molecule has 8 rings (SSSR count). The summed E-state index contributed by atoms with van der Waals surface area (Å²) < 4.78 is 56.6. The predicted molar refractivity (Wildman–Crippen MR) is 187 cm³/mol. The quantitative estimate of drug-likeness (QED) is 0.167. The van der Waals surface area contributed by atoms with Crippen LogP contribution >= 0.6 is 0 Å². The number of hydrogen-bond donors (Lipinski definition) is 0. The van der Waals surface area contributed by atoms with Gasteiger partial charge in [0, 0.05) is 57.3 Å². The molecule has 1 radical (unpaired) electrons. The number of fused-ring (bicyclic) bond motifs is 6. The number of furan rings is 1. The minimum absolute atomic E-state index is 0. The van der Waals surface area contributed by atoms with Crippen molar-refractivity contribution in [2.24, 2.45) is 0 Å². The normalized spacial score (nSPS) is 15.3. The van der Waals surface area contributed by atoms with E-state index in [1.165, 1.54) is 41.1 Å². The zero-order valence-corrected chi connectivity index (χ0v) is 28.8. The molecule has 47 heavy (non-hydrogen) atoms. The van der Waals surface area contributed by atoms with Crippen LogP contribution in [0.1, 0.15) is 69.7 Å². The Labute approximate surface area is 298 Å². The number of pyridine rings is 2. The predicted octanol–water partition coefficient (Wildman–Crippen LogP) is 11.2. The Morgan fingerprint density at radius 2 is 1.66 bits per heavy atom. The van der Waals surface area contributed by atoms with Crippen LogP contribution in [-0.4, -0.2) is 9.97 Å². The zero-order chi connectivity index (χ0) is 37.0. The molecule has 0 atom stereocenters. The Bertz CT molecular complexity index is 2360. The molecule has 0 aliphatic carbocycles. The molecular formula is C42H36IrN2O2-2. The van der Waals surface area contributed by atoms with Crippen molar-refractivity contribution in [1.82, 2.24) is 9.97 Å². The average Bonchev–Trinajstić information content (AvgIpc) is 3.51. The van der Waals surface area contributed by atoms with Crippen molar-refractivity contribution in [3.8, 4) is 34.0 Å². The number of hydrogen-bond acceptors (Lipinski definition) is 4. The molecule has 7 aromatic rings. The van der Waals surface area contributed by atoms with Crippen LogP contribution in [0.3, 0.4) is 0 Å². The van der Waals surface area contributed by atoms with Crippen LogP contribution in [0, 0.1) is 25.8 Å². The fraction of sp³-hybridized carbons (Fsp3) is 0.190. The molecule has 0 spiro atoms. The van der Waals surface area contributed by atoms with Gasteiger partial charge in [-0.15, -0.1) is 53.6 Å². The van der Waals surface area contributed by atoms with E-state index in [2.05, 4.69) is 92.3 Å². The third-order valence-electron chi connectivity index (χ3n) is 8.55. The van der Waals surface area contributed by atoms with Crippen LogP contribution in [0.15, 0.2) is 108 Å². The third-order valence-corrected chi connectivity index (χ3v) is 8.55. The van der Waals surface area contributed by atoms with E-state index in [1.807, 2.05) is 24.4 Å². The Hall–Kier alpha value is -4.57. The molecular weight excluding hydrogens is 757 g/mol. The van der Waals surface area contributed by atoms with E-state index in [-0.39, 0.29) is 36.6 Å². The van der Waals surface area contributed by atoms with E-state index in [1.54, 1.807) is 12.1 Å². The number of aromatic nitrogens is 2. The smallest absolute Gasteiger partial charge is 0.141 e. The van der Waals surface area contributed by atoms with Gasteiger partial charge in [-0.2, -0.15) is 0 Å². The molecule has 5 heteroatoms. The largest absolute Gasteiger partial charge is 0.500 e. The minimum atomic E-state index is -2.18. The standard InChI is InChI=1S/C29H24NO2.C13H12N.Ir/c1-17(2)18-14-15-30-23(16-18)19-8-7-9-20-26-25(32-27(19)20)13-12-22-28(26)31-24-11-6-5-10-21(24)29(22,3)4;1-10-3-6-12(7-4-10)13-8-5-11(2)9-14-13;/h5-7,9-17H,1-4H3;3-6,8-9H,1-2H3;/q2*-1;/i;1D3,2D3;. The Kier molecular flexibility index (Phi) is 7.01. The van der Waals surface area contributed by atoms with Gasteiger partial charge in [-0.1, -0.05) is 93.5 Å². The van der Waals surface area contributed by atoms with Gasteiger partial charge < -0.3 is 19.1 Å². The summed E-state index contributed by atoms with van der Waals surface area (Å²) in [4.78, 5) is 8.71. The molecule has 0 saturated carbocycles. The number of aryl methyl sites for hydroxylation is 2. The molecule has 0 N–H and O–H groups in total. The first-order valence-corrected chi connectivity index (χ1v) is 15.3. The van der Waals surface area contributed by atoms with Crippen molar-refractivity contribution in [2.45, 2.75) is 52.7 Å². The molecule has 0 fully saturated rings. The van der Waals surface area contributed by atoms with Gasteiger partial charge in [0.1, 0.15) is 17.1 Å². The summed E-state index contributed by atoms with van der Waals surface area (Å²) in [5.41, 5.74) is 8.36. The summed E-state index contributed by atoms with van der Waals surface area (Å²) in [6.45, 7) is 4.54. The van der Waals surface area contributed by atoms with Gasteiger partial charge in [0.2, 0.25) is 0 Å². The van der Waals surface area contributed by atoms with Gasteiger partial charge in [-0.05, 0) is 47.9 Å². The van der Waals surface area contributed by atoms with Gasteiger partial charge in [0.15, 0.2) is 0 Å². The molecule has 0 saturated heterocycles. The molecule has 237 valence electrons. The molecule has 4 aromatic carbocycles. The number of benzene rings is 4. The van der Waals surface area contributed by atoms with Gasteiger partial charge in [0.05, 0.1) is 11.0 Å². The first-order chi connectivity index (χ1) is 24.6. The molecule has 1 aliphatic rings. The fourth-order valence-corrected chi connectivity index (χ4v) is 6.00. The summed E-state index contributed by atoms with van der Waals surface area (Å²) >= 11 is 0. The number of para-hydroxylation sites is 1. The zero-order valence-electron chi connectivity index (χ0n) is 32.4. The van der Waals surface area contributed by atoms with Crippen molar-refractivity contribution < 1.29 is 37.5 Å². The second kappa shape index (κ2) is 12.9. The Morgan fingerprint density at radius 3 is 2.40 bits per heavy atom. The van der Waals surface area contributed by atoms with Crippen molar-refractivity contribution in [3.63, 3.8) is 0 Å². The molecule has 4 nitrogen and oxygen atoms in total. The summed E-state index contributed by atoms with van der Waals surface area (Å²) in [5, 5.41) is 2.04. The average molecular weight is 799 g/mol. The second-order valence-corrected chi connectivity index (χ2v) is 12.3. The van der Waals surface area contributed by atoms with E-state index in [9.17, 15) is 0 Å². The molecule has 4 heterocycles. The van der Waals surface area contributed by atoms with Crippen molar-refractivity contribution >= 4 is 21.9 Å². The summed E-state index contributed by atoms with van der Waals surface area (Å²) in [6, 6.07) is 34.5. The summed E-state index contributed by atoms with van der Waals surface area (Å²) in [6.07, 6.45) is 3.16. The van der Waals surface area contributed by atoms with Gasteiger partial charge in [0.25, 0.3) is 0 Å². The van der Waals surface area contributed by atoms with Crippen LogP contribution in [0.4, 0.5) is 0 Å². The summed E-state index contributed by atoms with van der Waals surface area (Å²) in [5.74, 6) is 2.21. The molecule has 1 aliphatic heterocycles. The van der Waals surface area contributed by atoms with E-state index in [4.69, 9.17) is 17.4 Å². The van der Waals surface area contributed by atoms with Crippen molar-refractivity contribution in [3.05, 3.63) is 143 Å². The maximum atomic E-state index is 7.28. The SMILES string of the molecule is CC(C)c1ccnc(-c2[c-]ccc3c2oc2ccc4c(c23)Oc2ccccc2C4(C)C)c1.[2H]C([2H])([2H])c1c[c-]c(-c2ccc(C([2H])([2H])[2H])cn2)cc1.[Ir]. The van der Waals surface area contributed by atoms with Crippen LogP contribution in [0.5, 0.6) is 11.5 Å². The monoisotopic (exact) mass is 799 g/mol. The second-order valence-electron chi connectivity index (χ2n) is 12.3. The number of ether oxygens (including phenoxy) is 1. The molecule has 0 unspecified atom stereocenters. The van der Waals surface area contributed by atoms with Crippen LogP contribution in [-0.2, 0) is 25.5 Å². The van der Waals surface area contributed by atoms with Crippen molar-refractivity contribution in [2.75, 3.05) is 0 Å². The molecule has 0 bridgehead atoms. The fourth-order valence-electron chi connectivity index (χ4n) is 6.00. The molecule has 3 aromatic heterocycles. The third kappa shape index (κ3) is 6.02. The first kappa shape index (κ1) is 25.5. The maximum Gasteiger partial charge on any atom is 0.141 e. The molecule has 0 amide bonds. The van der Waals surface area contributed by atoms with E-state index in [0.717, 1.165) is 44.7 Å². The number of rotatable bonds is 3. The van der Waals surface area contributed by atoms with Gasteiger partial charge in [-0.25, -0.2) is 0 Å². The van der Waals surface area contributed by atoms with Gasteiger partial charge >= 0.3 is 0 Å². The first-order valence-electron chi connectivity index (χ1n) is 18.3. The van der Waals surface area contributed by atoms with Gasteiger partial charge in [-0.3, -0.25) is 0 Å². The number of nitrogens with zero attached hydrogens (tertiary/aromatic N) is 2. The van der Waals surface area contributed by atoms with Crippen LogP contribution in [0.25, 0.3) is 44.5 Å². The van der Waals surface area contributed by atoms with E-state index >= 15 is 0 Å². The van der Waals surface area contributed by atoms with E-state index in [0.29, 0.717) is 17.2 Å².